The van der Waals surface area contributed by atoms with Crippen LogP contribution in [0.25, 0.3) is 11.0 Å². The van der Waals surface area contributed by atoms with E-state index in [0.717, 1.165) is 29.4 Å². The fourth-order valence-corrected chi connectivity index (χ4v) is 3.58. The predicted octanol–water partition coefficient (Wildman–Crippen LogP) is 2.22. The number of hydrogen-bond acceptors (Lipinski definition) is 5. The van der Waals surface area contributed by atoms with E-state index in [1.54, 1.807) is 17.8 Å². The van der Waals surface area contributed by atoms with Gasteiger partial charge in [0.2, 0.25) is 10.0 Å². The largest absolute Gasteiger partial charge is 0.381 e. The van der Waals surface area contributed by atoms with Crippen molar-refractivity contribution in [2.24, 2.45) is 5.14 Å². The molecule has 1 heterocycles. The molecule has 122 valence electrons. The van der Waals surface area contributed by atoms with Gasteiger partial charge in [0.1, 0.15) is 0 Å². The number of ether oxygens (including phenoxy) is 1. The number of imidazole rings is 1. The third-order valence-corrected chi connectivity index (χ3v) is 4.98. The molecular weight excluding hydrogens is 322 g/mol. The summed E-state index contributed by atoms with van der Waals surface area (Å²) in [6, 6.07) is 4.83. The Morgan fingerprint density at radius 1 is 1.36 bits per heavy atom. The molecule has 2 N–H and O–H groups in total. The van der Waals surface area contributed by atoms with Crippen molar-refractivity contribution in [1.29, 1.82) is 0 Å². The maximum absolute atomic E-state index is 11.5. The Hall–Kier alpha value is -1.09. The van der Waals surface area contributed by atoms with Crippen molar-refractivity contribution in [3.05, 3.63) is 18.2 Å². The topological polar surface area (TPSA) is 87.2 Å². The fraction of sp³-hybridized carbons (Fsp3) is 0.500. The van der Waals surface area contributed by atoms with Gasteiger partial charge >= 0.3 is 0 Å². The van der Waals surface area contributed by atoms with Crippen LogP contribution >= 0.6 is 11.8 Å². The molecule has 0 bridgehead atoms. The Morgan fingerprint density at radius 2 is 2.14 bits per heavy atom. The molecular formula is C14H21N3O3S2. The van der Waals surface area contributed by atoms with Crippen LogP contribution in [0.3, 0.4) is 0 Å². The summed E-state index contributed by atoms with van der Waals surface area (Å²) in [5.41, 5.74) is 1.58. The zero-order chi connectivity index (χ0) is 16.2. The number of nitrogens with zero attached hydrogens (tertiary/aromatic N) is 2. The summed E-state index contributed by atoms with van der Waals surface area (Å²) in [5, 5.41) is 6.06. The summed E-state index contributed by atoms with van der Waals surface area (Å²) in [4.78, 5) is 4.64. The predicted molar refractivity (Wildman–Crippen MR) is 88.6 cm³/mol. The first-order valence-electron chi connectivity index (χ1n) is 7.21. The summed E-state index contributed by atoms with van der Waals surface area (Å²) < 4.78 is 30.4. The van der Waals surface area contributed by atoms with E-state index in [0.29, 0.717) is 18.7 Å². The zero-order valence-electron chi connectivity index (χ0n) is 12.8. The van der Waals surface area contributed by atoms with Crippen LogP contribution in [-0.4, -0.2) is 36.9 Å². The molecule has 2 rings (SSSR count). The van der Waals surface area contributed by atoms with E-state index in [2.05, 4.69) is 16.5 Å². The summed E-state index contributed by atoms with van der Waals surface area (Å²) in [6.45, 7) is 6.26. The summed E-state index contributed by atoms with van der Waals surface area (Å²) >= 11 is 1.61. The Morgan fingerprint density at radius 3 is 2.77 bits per heavy atom. The first kappa shape index (κ1) is 17.3. The van der Waals surface area contributed by atoms with Crippen LogP contribution in [0.5, 0.6) is 0 Å². The molecule has 0 atom stereocenters. The van der Waals surface area contributed by atoms with Gasteiger partial charge in [-0.25, -0.2) is 18.5 Å². The maximum Gasteiger partial charge on any atom is 0.238 e. The van der Waals surface area contributed by atoms with E-state index >= 15 is 0 Å². The lowest BCUT2D eigenvalue weighted by molar-refractivity contribution is 0.164. The number of benzene rings is 1. The van der Waals surface area contributed by atoms with Crippen molar-refractivity contribution >= 4 is 32.8 Å². The van der Waals surface area contributed by atoms with Gasteiger partial charge in [-0.3, -0.25) is 0 Å². The van der Waals surface area contributed by atoms with Gasteiger partial charge in [-0.1, -0.05) is 18.7 Å². The van der Waals surface area contributed by atoms with Crippen molar-refractivity contribution in [3.8, 4) is 0 Å². The lowest BCUT2D eigenvalue weighted by Gasteiger charge is -2.07. The Balaban J connectivity index is 2.36. The molecule has 6 nitrogen and oxygen atoms in total. The summed E-state index contributed by atoms with van der Waals surface area (Å²) in [5.74, 6) is 0.808. The second-order valence-electron chi connectivity index (χ2n) is 4.79. The van der Waals surface area contributed by atoms with Gasteiger partial charge in [-0.15, -0.1) is 0 Å². The number of fused-ring (bicyclic) bond motifs is 1. The molecule has 0 aliphatic rings. The number of rotatable bonds is 8. The van der Waals surface area contributed by atoms with Gasteiger partial charge in [0.05, 0.1) is 22.5 Å². The van der Waals surface area contributed by atoms with E-state index in [-0.39, 0.29) is 4.90 Å². The van der Waals surface area contributed by atoms with E-state index in [4.69, 9.17) is 9.88 Å². The highest BCUT2D eigenvalue weighted by atomic mass is 32.2. The highest BCUT2D eigenvalue weighted by Crippen LogP contribution is 2.26. The van der Waals surface area contributed by atoms with Crippen molar-refractivity contribution in [1.82, 2.24) is 9.55 Å². The Bertz CT molecular complexity index is 741. The molecule has 0 fully saturated rings. The average Bonchev–Trinajstić information content (AvgIpc) is 2.80. The molecule has 0 unspecified atom stereocenters. The van der Waals surface area contributed by atoms with E-state index in [1.165, 1.54) is 12.1 Å². The smallest absolute Gasteiger partial charge is 0.238 e. The lowest BCUT2D eigenvalue weighted by Crippen LogP contribution is -2.11. The molecule has 0 aliphatic heterocycles. The first-order chi connectivity index (χ1) is 10.5. The second kappa shape index (κ2) is 7.45. The van der Waals surface area contributed by atoms with Crippen LogP contribution < -0.4 is 5.14 Å². The molecule has 1 aromatic heterocycles. The molecule has 0 spiro atoms. The monoisotopic (exact) mass is 343 g/mol. The summed E-state index contributed by atoms with van der Waals surface area (Å²) in [7, 11) is -3.71. The number of nitrogens with two attached hydrogens (primary N) is 1. The molecule has 1 aromatic carbocycles. The van der Waals surface area contributed by atoms with Gasteiger partial charge in [-0.2, -0.15) is 0 Å². The van der Waals surface area contributed by atoms with Crippen LogP contribution in [0.4, 0.5) is 0 Å². The molecule has 0 aliphatic carbocycles. The van der Waals surface area contributed by atoms with Gasteiger partial charge in [0, 0.05) is 18.9 Å². The summed E-state index contributed by atoms with van der Waals surface area (Å²) in [6.07, 6.45) is 0.974. The van der Waals surface area contributed by atoms with Crippen molar-refractivity contribution < 1.29 is 13.2 Å². The normalized spacial score (nSPS) is 12.1. The molecule has 22 heavy (non-hydrogen) atoms. The number of sulfonamides is 1. The minimum absolute atomic E-state index is 0.0898. The molecule has 0 amide bonds. The van der Waals surface area contributed by atoms with Crippen LogP contribution in [0.15, 0.2) is 28.3 Å². The highest BCUT2D eigenvalue weighted by molar-refractivity contribution is 7.99. The Labute approximate surface area is 135 Å². The van der Waals surface area contributed by atoms with Gasteiger partial charge < -0.3 is 9.30 Å². The van der Waals surface area contributed by atoms with Crippen LogP contribution in [0.2, 0.25) is 0 Å². The van der Waals surface area contributed by atoms with Crippen molar-refractivity contribution in [2.75, 3.05) is 19.0 Å². The number of aromatic nitrogens is 2. The molecule has 8 heteroatoms. The third kappa shape index (κ3) is 4.01. The third-order valence-electron chi connectivity index (χ3n) is 3.12. The van der Waals surface area contributed by atoms with E-state index in [1.807, 2.05) is 6.92 Å². The number of primary sulfonamides is 1. The zero-order valence-corrected chi connectivity index (χ0v) is 14.4. The SMILES string of the molecule is CCCn1c(SCCOCC)nc2cc(S(N)(=O)=O)ccc21. The molecule has 0 saturated heterocycles. The molecule has 2 aromatic rings. The van der Waals surface area contributed by atoms with Crippen molar-refractivity contribution in [2.45, 2.75) is 36.9 Å². The van der Waals surface area contributed by atoms with Crippen molar-refractivity contribution in [3.63, 3.8) is 0 Å². The standard InChI is InChI=1S/C14H21N3O3S2/c1-3-7-17-13-6-5-11(22(15,18)19)10-12(13)16-14(17)21-9-8-20-4-2/h5-6,10H,3-4,7-9H2,1-2H3,(H2,15,18,19). The second-order valence-corrected chi connectivity index (χ2v) is 7.41. The molecule has 0 saturated carbocycles. The molecule has 0 radical (unpaired) electrons. The average molecular weight is 343 g/mol. The van der Waals surface area contributed by atoms with Gasteiger partial charge in [0.15, 0.2) is 5.16 Å². The van der Waals surface area contributed by atoms with Gasteiger partial charge in [0.25, 0.3) is 0 Å². The first-order valence-corrected chi connectivity index (χ1v) is 9.74. The highest BCUT2D eigenvalue weighted by Gasteiger charge is 2.14. The van der Waals surface area contributed by atoms with Crippen LogP contribution in [-0.2, 0) is 21.3 Å². The number of thioether (sulfide) groups is 1. The van der Waals surface area contributed by atoms with Crippen LogP contribution in [0, 0.1) is 0 Å². The quantitative estimate of drug-likeness (QED) is 0.586. The van der Waals surface area contributed by atoms with E-state index < -0.39 is 10.0 Å². The van der Waals surface area contributed by atoms with Gasteiger partial charge in [-0.05, 0) is 31.5 Å². The maximum atomic E-state index is 11.5. The number of hydrogen-bond donors (Lipinski definition) is 1. The minimum Gasteiger partial charge on any atom is -0.381 e. The Kier molecular flexibility index (Phi) is 5.85. The number of aryl methyl sites for hydroxylation is 1. The minimum atomic E-state index is -3.71. The lowest BCUT2D eigenvalue weighted by atomic mass is 10.3. The fourth-order valence-electron chi connectivity index (χ4n) is 2.15. The van der Waals surface area contributed by atoms with E-state index in [9.17, 15) is 8.42 Å². The van der Waals surface area contributed by atoms with Crippen LogP contribution in [0.1, 0.15) is 20.3 Å².